The SMILES string of the molecule is COC(=O)c1cccn2c(Br)cnc12. The summed E-state index contributed by atoms with van der Waals surface area (Å²) in [5, 5.41) is 0. The van der Waals surface area contributed by atoms with Crippen LogP contribution in [0.5, 0.6) is 0 Å². The van der Waals surface area contributed by atoms with Gasteiger partial charge in [0, 0.05) is 6.20 Å². The van der Waals surface area contributed by atoms with Crippen LogP contribution in [0.25, 0.3) is 5.65 Å². The summed E-state index contributed by atoms with van der Waals surface area (Å²) in [6, 6.07) is 3.45. The first-order chi connectivity index (χ1) is 6.74. The van der Waals surface area contributed by atoms with Crippen LogP contribution in [0.2, 0.25) is 0 Å². The minimum absolute atomic E-state index is 0.381. The van der Waals surface area contributed by atoms with E-state index in [2.05, 4.69) is 25.7 Å². The second-order valence-corrected chi connectivity index (χ2v) is 3.50. The smallest absolute Gasteiger partial charge is 0.341 e. The van der Waals surface area contributed by atoms with Crippen LogP contribution in [-0.4, -0.2) is 22.5 Å². The van der Waals surface area contributed by atoms with E-state index in [1.54, 1.807) is 22.7 Å². The molecule has 0 spiro atoms. The number of carbonyl (C=O) groups is 1. The van der Waals surface area contributed by atoms with Gasteiger partial charge in [0.1, 0.15) is 10.2 Å². The van der Waals surface area contributed by atoms with E-state index in [9.17, 15) is 4.79 Å². The predicted molar refractivity (Wildman–Crippen MR) is 54.2 cm³/mol. The van der Waals surface area contributed by atoms with Crippen LogP contribution in [0.3, 0.4) is 0 Å². The van der Waals surface area contributed by atoms with Gasteiger partial charge >= 0.3 is 5.97 Å². The number of imidazole rings is 1. The molecule has 2 heterocycles. The number of carbonyl (C=O) groups excluding carboxylic acids is 1. The van der Waals surface area contributed by atoms with Crippen molar-refractivity contribution in [2.75, 3.05) is 7.11 Å². The van der Waals surface area contributed by atoms with Crippen molar-refractivity contribution in [1.29, 1.82) is 0 Å². The third kappa shape index (κ3) is 1.29. The Hall–Kier alpha value is -1.36. The third-order valence-corrected chi connectivity index (χ3v) is 2.48. The standard InChI is InChI=1S/C9H7BrN2O2/c1-14-9(13)6-3-2-4-12-7(10)5-11-8(6)12/h2-5H,1H3. The molecule has 0 saturated carbocycles. The van der Waals surface area contributed by atoms with Crippen molar-refractivity contribution in [2.24, 2.45) is 0 Å². The van der Waals surface area contributed by atoms with E-state index in [1.807, 2.05) is 6.20 Å². The van der Waals surface area contributed by atoms with E-state index >= 15 is 0 Å². The fourth-order valence-corrected chi connectivity index (χ4v) is 1.64. The number of esters is 1. The van der Waals surface area contributed by atoms with Crippen LogP contribution in [0.4, 0.5) is 0 Å². The average molecular weight is 255 g/mol. The maximum atomic E-state index is 11.3. The summed E-state index contributed by atoms with van der Waals surface area (Å²) >= 11 is 3.32. The lowest BCUT2D eigenvalue weighted by Crippen LogP contribution is -2.03. The molecule has 0 bridgehead atoms. The molecule has 5 heteroatoms. The zero-order valence-corrected chi connectivity index (χ0v) is 8.98. The number of halogens is 1. The molecule has 2 rings (SSSR count). The van der Waals surface area contributed by atoms with Gasteiger partial charge in [-0.3, -0.25) is 4.40 Å². The predicted octanol–water partition coefficient (Wildman–Crippen LogP) is 1.88. The second kappa shape index (κ2) is 3.42. The molecule has 2 aromatic heterocycles. The van der Waals surface area contributed by atoms with E-state index in [1.165, 1.54) is 7.11 Å². The van der Waals surface area contributed by atoms with Gasteiger partial charge in [0.25, 0.3) is 0 Å². The molecular weight excluding hydrogens is 248 g/mol. The third-order valence-electron chi connectivity index (χ3n) is 1.90. The number of rotatable bonds is 1. The maximum Gasteiger partial charge on any atom is 0.341 e. The molecule has 0 unspecified atom stereocenters. The second-order valence-electron chi connectivity index (χ2n) is 2.69. The quantitative estimate of drug-likeness (QED) is 0.731. The van der Waals surface area contributed by atoms with Gasteiger partial charge in [0.15, 0.2) is 5.65 Å². The topological polar surface area (TPSA) is 43.6 Å². The molecule has 0 radical (unpaired) electrons. The van der Waals surface area contributed by atoms with Crippen LogP contribution >= 0.6 is 15.9 Å². The lowest BCUT2D eigenvalue weighted by atomic mass is 10.3. The van der Waals surface area contributed by atoms with Gasteiger partial charge in [-0.05, 0) is 28.1 Å². The molecule has 0 aliphatic heterocycles. The lowest BCUT2D eigenvalue weighted by molar-refractivity contribution is 0.0602. The summed E-state index contributed by atoms with van der Waals surface area (Å²) in [5.41, 5.74) is 1.05. The molecule has 0 aliphatic carbocycles. The van der Waals surface area contributed by atoms with E-state index < -0.39 is 0 Å². The number of methoxy groups -OCH3 is 1. The molecule has 0 saturated heterocycles. The van der Waals surface area contributed by atoms with E-state index in [-0.39, 0.29) is 5.97 Å². The Kier molecular flexibility index (Phi) is 2.25. The normalized spacial score (nSPS) is 10.4. The van der Waals surface area contributed by atoms with E-state index in [0.29, 0.717) is 11.2 Å². The molecule has 0 atom stereocenters. The zero-order valence-electron chi connectivity index (χ0n) is 7.40. The number of hydrogen-bond acceptors (Lipinski definition) is 3. The number of ether oxygens (including phenoxy) is 1. The van der Waals surface area contributed by atoms with Crippen LogP contribution in [0.1, 0.15) is 10.4 Å². The number of aromatic nitrogens is 2. The Morgan fingerprint density at radius 2 is 2.43 bits per heavy atom. The molecule has 0 aromatic carbocycles. The summed E-state index contributed by atoms with van der Waals surface area (Å²) in [6.07, 6.45) is 3.46. The Bertz CT molecular complexity index is 493. The fraction of sp³-hybridized carbons (Fsp3) is 0.111. The van der Waals surface area contributed by atoms with Crippen molar-refractivity contribution in [3.8, 4) is 0 Å². The Labute approximate surface area is 88.6 Å². The molecule has 2 aromatic rings. The first-order valence-electron chi connectivity index (χ1n) is 3.94. The average Bonchev–Trinajstić information content (AvgIpc) is 2.59. The van der Waals surface area contributed by atoms with Crippen molar-refractivity contribution in [3.05, 3.63) is 34.7 Å². The highest BCUT2D eigenvalue weighted by Crippen LogP contribution is 2.16. The number of hydrogen-bond donors (Lipinski definition) is 0. The number of pyridine rings is 1. The largest absolute Gasteiger partial charge is 0.465 e. The minimum atomic E-state index is -0.381. The van der Waals surface area contributed by atoms with Crippen LogP contribution < -0.4 is 0 Å². The van der Waals surface area contributed by atoms with Crippen molar-refractivity contribution >= 4 is 27.5 Å². The molecule has 0 aliphatic rings. The van der Waals surface area contributed by atoms with Crippen LogP contribution in [0, 0.1) is 0 Å². The van der Waals surface area contributed by atoms with Crippen molar-refractivity contribution in [3.63, 3.8) is 0 Å². The highest BCUT2D eigenvalue weighted by atomic mass is 79.9. The summed E-state index contributed by atoms with van der Waals surface area (Å²) in [5.74, 6) is -0.381. The van der Waals surface area contributed by atoms with Gasteiger partial charge in [-0.25, -0.2) is 9.78 Å². The molecule has 0 N–H and O–H groups in total. The number of nitrogens with zero attached hydrogens (tertiary/aromatic N) is 2. The zero-order chi connectivity index (χ0) is 10.1. The lowest BCUT2D eigenvalue weighted by Gasteiger charge is -2.01. The first-order valence-corrected chi connectivity index (χ1v) is 4.73. The minimum Gasteiger partial charge on any atom is -0.465 e. The highest BCUT2D eigenvalue weighted by molar-refractivity contribution is 9.10. The molecule has 0 amide bonds. The molecule has 0 fully saturated rings. The van der Waals surface area contributed by atoms with E-state index in [4.69, 9.17) is 0 Å². The van der Waals surface area contributed by atoms with Gasteiger partial charge in [-0.1, -0.05) is 0 Å². The first kappa shape index (κ1) is 9.21. The molecule has 4 nitrogen and oxygen atoms in total. The molecule has 72 valence electrons. The summed E-state index contributed by atoms with van der Waals surface area (Å²) in [4.78, 5) is 15.4. The summed E-state index contributed by atoms with van der Waals surface area (Å²) in [7, 11) is 1.35. The van der Waals surface area contributed by atoms with Gasteiger partial charge in [-0.2, -0.15) is 0 Å². The van der Waals surface area contributed by atoms with Gasteiger partial charge < -0.3 is 4.74 Å². The Morgan fingerprint density at radius 1 is 1.64 bits per heavy atom. The molecular formula is C9H7BrN2O2. The maximum absolute atomic E-state index is 11.3. The monoisotopic (exact) mass is 254 g/mol. The van der Waals surface area contributed by atoms with Gasteiger partial charge in [-0.15, -0.1) is 0 Å². The fourth-order valence-electron chi connectivity index (χ4n) is 1.25. The van der Waals surface area contributed by atoms with Crippen molar-refractivity contribution in [1.82, 2.24) is 9.38 Å². The Morgan fingerprint density at radius 3 is 3.14 bits per heavy atom. The molecule has 14 heavy (non-hydrogen) atoms. The Balaban J connectivity index is 2.71. The van der Waals surface area contributed by atoms with Gasteiger partial charge in [0.2, 0.25) is 0 Å². The number of fused-ring (bicyclic) bond motifs is 1. The van der Waals surface area contributed by atoms with Crippen LogP contribution in [0.15, 0.2) is 29.1 Å². The van der Waals surface area contributed by atoms with Crippen LogP contribution in [-0.2, 0) is 4.74 Å². The van der Waals surface area contributed by atoms with Crippen molar-refractivity contribution < 1.29 is 9.53 Å². The van der Waals surface area contributed by atoms with E-state index in [0.717, 1.165) is 4.60 Å². The summed E-state index contributed by atoms with van der Waals surface area (Å²) in [6.45, 7) is 0. The highest BCUT2D eigenvalue weighted by Gasteiger charge is 2.12. The summed E-state index contributed by atoms with van der Waals surface area (Å²) < 4.78 is 7.22. The van der Waals surface area contributed by atoms with Gasteiger partial charge in [0.05, 0.1) is 13.3 Å². The van der Waals surface area contributed by atoms with Crippen molar-refractivity contribution in [2.45, 2.75) is 0 Å².